The number of benzene rings is 1. The summed E-state index contributed by atoms with van der Waals surface area (Å²) in [5, 5.41) is 11.6. The molecule has 1 aliphatic heterocycles. The number of anilines is 1. The Balaban J connectivity index is 1.54. The summed E-state index contributed by atoms with van der Waals surface area (Å²) in [6.07, 6.45) is 3.83. The highest BCUT2D eigenvalue weighted by Gasteiger charge is 2.20. The van der Waals surface area contributed by atoms with Crippen molar-refractivity contribution in [3.63, 3.8) is 0 Å². The van der Waals surface area contributed by atoms with Gasteiger partial charge in [0.15, 0.2) is 5.69 Å². The average molecular weight is 342 g/mol. The second-order valence-electron chi connectivity index (χ2n) is 6.55. The minimum absolute atomic E-state index is 0.0818. The van der Waals surface area contributed by atoms with Crippen LogP contribution in [-0.4, -0.2) is 66.1 Å². The highest BCUT2D eigenvalue weighted by Crippen LogP contribution is 2.17. The number of para-hydroxylation sites is 1. The second kappa shape index (κ2) is 8.11. The molecule has 0 unspecified atom stereocenters. The van der Waals surface area contributed by atoms with Crippen LogP contribution in [0.15, 0.2) is 36.5 Å². The van der Waals surface area contributed by atoms with Crippen molar-refractivity contribution in [1.29, 1.82) is 0 Å². The molecule has 7 nitrogen and oxygen atoms in total. The van der Waals surface area contributed by atoms with Gasteiger partial charge in [0.1, 0.15) is 0 Å². The number of aromatic nitrogens is 3. The molecule has 1 saturated heterocycles. The van der Waals surface area contributed by atoms with Gasteiger partial charge in [0.2, 0.25) is 0 Å². The molecule has 1 fully saturated rings. The van der Waals surface area contributed by atoms with Crippen LogP contribution < -0.4 is 10.2 Å². The van der Waals surface area contributed by atoms with Crippen molar-refractivity contribution < 1.29 is 4.79 Å². The van der Waals surface area contributed by atoms with E-state index in [0.717, 1.165) is 38.2 Å². The van der Waals surface area contributed by atoms with Gasteiger partial charge in [-0.05, 0) is 38.1 Å². The van der Waals surface area contributed by atoms with Crippen LogP contribution in [0.5, 0.6) is 0 Å². The van der Waals surface area contributed by atoms with Crippen LogP contribution >= 0.6 is 0 Å². The number of nitrogens with one attached hydrogen (secondary N) is 1. The van der Waals surface area contributed by atoms with Gasteiger partial charge in [-0.1, -0.05) is 23.4 Å². The molecule has 2 heterocycles. The third-order valence-electron chi connectivity index (χ3n) is 4.73. The molecular weight excluding hydrogens is 316 g/mol. The standard InChI is InChI=1S/C18H26N6O/c1-22(15-6-4-3-5-7-15)12-13-23(2)18(25)17-14-24(21-20-17)16-8-10-19-11-9-16/h3-7,14,16,19H,8-13H2,1-2H3. The van der Waals surface area contributed by atoms with Gasteiger partial charge < -0.3 is 15.1 Å². The molecule has 1 aromatic heterocycles. The van der Waals surface area contributed by atoms with E-state index in [-0.39, 0.29) is 5.91 Å². The van der Waals surface area contributed by atoms with Crippen LogP contribution in [0.2, 0.25) is 0 Å². The maximum atomic E-state index is 12.6. The van der Waals surface area contributed by atoms with E-state index in [1.807, 2.05) is 37.0 Å². The zero-order valence-corrected chi connectivity index (χ0v) is 14.9. The number of likely N-dealkylation sites (N-methyl/N-ethyl adjacent to an activating group) is 2. The average Bonchev–Trinajstić information content (AvgIpc) is 3.16. The van der Waals surface area contributed by atoms with E-state index in [9.17, 15) is 4.79 Å². The third kappa shape index (κ3) is 4.36. The highest BCUT2D eigenvalue weighted by atomic mass is 16.2. The lowest BCUT2D eigenvalue weighted by Gasteiger charge is -2.23. The van der Waals surface area contributed by atoms with Crippen LogP contribution in [-0.2, 0) is 0 Å². The monoisotopic (exact) mass is 342 g/mol. The summed E-state index contributed by atoms with van der Waals surface area (Å²) in [4.78, 5) is 16.4. The molecule has 0 radical (unpaired) electrons. The van der Waals surface area contributed by atoms with E-state index in [1.165, 1.54) is 0 Å². The number of carbonyl (C=O) groups excluding carboxylic acids is 1. The van der Waals surface area contributed by atoms with Crippen LogP contribution in [0.25, 0.3) is 0 Å². The van der Waals surface area contributed by atoms with Gasteiger partial charge >= 0.3 is 0 Å². The van der Waals surface area contributed by atoms with Gasteiger partial charge in [-0.15, -0.1) is 5.10 Å². The first-order valence-electron chi connectivity index (χ1n) is 8.79. The van der Waals surface area contributed by atoms with Crippen molar-refractivity contribution >= 4 is 11.6 Å². The highest BCUT2D eigenvalue weighted by molar-refractivity contribution is 5.91. The number of nitrogens with zero attached hydrogens (tertiary/aromatic N) is 5. The maximum absolute atomic E-state index is 12.6. The summed E-state index contributed by atoms with van der Waals surface area (Å²) in [5.74, 6) is -0.0818. The Bertz CT molecular complexity index is 680. The lowest BCUT2D eigenvalue weighted by Crippen LogP contribution is -2.35. The number of piperidine rings is 1. The van der Waals surface area contributed by atoms with E-state index in [0.29, 0.717) is 18.3 Å². The first-order chi connectivity index (χ1) is 12.1. The quantitative estimate of drug-likeness (QED) is 0.860. The number of rotatable bonds is 6. The fourth-order valence-electron chi connectivity index (χ4n) is 3.03. The van der Waals surface area contributed by atoms with Gasteiger partial charge in [0.05, 0.1) is 12.2 Å². The zero-order chi connectivity index (χ0) is 17.6. The lowest BCUT2D eigenvalue weighted by molar-refractivity contribution is 0.0793. The summed E-state index contributed by atoms with van der Waals surface area (Å²) < 4.78 is 1.85. The molecule has 0 spiro atoms. The number of amides is 1. The fourth-order valence-corrected chi connectivity index (χ4v) is 3.03. The van der Waals surface area contributed by atoms with Crippen molar-refractivity contribution in [2.24, 2.45) is 0 Å². The Morgan fingerprint density at radius 2 is 1.92 bits per heavy atom. The van der Waals surface area contributed by atoms with Crippen LogP contribution in [0.4, 0.5) is 5.69 Å². The Morgan fingerprint density at radius 3 is 2.64 bits per heavy atom. The zero-order valence-electron chi connectivity index (χ0n) is 14.9. The normalized spacial score (nSPS) is 15.1. The van der Waals surface area contributed by atoms with Crippen LogP contribution in [0, 0.1) is 0 Å². The molecule has 1 N–H and O–H groups in total. The van der Waals surface area contributed by atoms with E-state index in [2.05, 4.69) is 32.7 Å². The summed E-state index contributed by atoms with van der Waals surface area (Å²) in [5.41, 5.74) is 1.56. The Labute approximate surface area is 148 Å². The van der Waals surface area contributed by atoms with Crippen LogP contribution in [0.1, 0.15) is 29.4 Å². The summed E-state index contributed by atoms with van der Waals surface area (Å²) in [7, 11) is 3.84. The Morgan fingerprint density at radius 1 is 1.20 bits per heavy atom. The topological polar surface area (TPSA) is 66.3 Å². The number of hydrogen-bond donors (Lipinski definition) is 1. The van der Waals surface area contributed by atoms with E-state index in [1.54, 1.807) is 11.1 Å². The maximum Gasteiger partial charge on any atom is 0.275 e. The largest absolute Gasteiger partial charge is 0.373 e. The predicted octanol–water partition coefficient (Wildman–Crippen LogP) is 1.41. The molecule has 25 heavy (non-hydrogen) atoms. The van der Waals surface area contributed by atoms with E-state index >= 15 is 0 Å². The van der Waals surface area contributed by atoms with Crippen molar-refractivity contribution in [3.05, 3.63) is 42.2 Å². The molecule has 0 aliphatic carbocycles. The minimum Gasteiger partial charge on any atom is -0.373 e. The number of hydrogen-bond acceptors (Lipinski definition) is 5. The molecule has 134 valence electrons. The van der Waals surface area contributed by atoms with Crippen molar-refractivity contribution in [2.45, 2.75) is 18.9 Å². The molecule has 3 rings (SSSR count). The Kier molecular flexibility index (Phi) is 5.65. The molecule has 1 amide bonds. The first-order valence-corrected chi connectivity index (χ1v) is 8.79. The van der Waals surface area contributed by atoms with Gasteiger partial charge in [-0.25, -0.2) is 4.68 Å². The van der Waals surface area contributed by atoms with Crippen molar-refractivity contribution in [2.75, 3.05) is 45.2 Å². The second-order valence-corrected chi connectivity index (χ2v) is 6.55. The van der Waals surface area contributed by atoms with E-state index < -0.39 is 0 Å². The molecule has 0 bridgehead atoms. The Hall–Kier alpha value is -2.41. The first kappa shape index (κ1) is 17.4. The van der Waals surface area contributed by atoms with E-state index in [4.69, 9.17) is 0 Å². The summed E-state index contributed by atoms with van der Waals surface area (Å²) in [6, 6.07) is 10.5. The van der Waals surface area contributed by atoms with Crippen molar-refractivity contribution in [3.8, 4) is 0 Å². The third-order valence-corrected chi connectivity index (χ3v) is 4.73. The molecule has 7 heteroatoms. The molecular formula is C18H26N6O. The molecule has 1 aromatic carbocycles. The van der Waals surface area contributed by atoms with Gasteiger partial charge in [0.25, 0.3) is 5.91 Å². The molecule has 2 aromatic rings. The number of carbonyl (C=O) groups is 1. The molecule has 0 atom stereocenters. The summed E-state index contributed by atoms with van der Waals surface area (Å²) in [6.45, 7) is 3.36. The lowest BCUT2D eigenvalue weighted by atomic mass is 10.1. The fraction of sp³-hybridized carbons (Fsp3) is 0.500. The van der Waals surface area contributed by atoms with Gasteiger partial charge in [-0.2, -0.15) is 0 Å². The van der Waals surface area contributed by atoms with Crippen molar-refractivity contribution in [1.82, 2.24) is 25.2 Å². The van der Waals surface area contributed by atoms with Crippen LogP contribution in [0.3, 0.4) is 0 Å². The minimum atomic E-state index is -0.0818. The SMILES string of the molecule is CN(CCN(C)c1ccccc1)C(=O)c1cn(C2CCNCC2)nn1. The predicted molar refractivity (Wildman–Crippen MR) is 97.8 cm³/mol. The summed E-state index contributed by atoms with van der Waals surface area (Å²) >= 11 is 0. The van der Waals surface area contributed by atoms with Gasteiger partial charge in [-0.3, -0.25) is 4.79 Å². The smallest absolute Gasteiger partial charge is 0.275 e. The molecule has 1 aliphatic rings. The molecule has 0 saturated carbocycles. The van der Waals surface area contributed by atoms with Gasteiger partial charge in [0, 0.05) is 32.9 Å².